The first-order valence-corrected chi connectivity index (χ1v) is 8.08. The maximum absolute atomic E-state index is 12.7. The summed E-state index contributed by atoms with van der Waals surface area (Å²) in [5.41, 5.74) is 0.152. The number of hydrogen-bond donors (Lipinski definition) is 0. The van der Waals surface area contributed by atoms with Crippen molar-refractivity contribution in [1.82, 2.24) is 4.90 Å². The monoisotopic (exact) mass is 326 g/mol. The van der Waals surface area contributed by atoms with Crippen molar-refractivity contribution >= 4 is 0 Å². The largest absolute Gasteiger partial charge is 0.416 e. The number of alkyl halides is 3. The average molecular weight is 326 g/mol. The van der Waals surface area contributed by atoms with Crippen LogP contribution in [0.25, 0.3) is 0 Å². The van der Waals surface area contributed by atoms with Crippen molar-refractivity contribution in [2.45, 2.75) is 52.8 Å². The van der Waals surface area contributed by atoms with E-state index < -0.39 is 11.7 Å². The Kier molecular flexibility index (Phi) is 7.08. The number of hydrogen-bond acceptors (Lipinski definition) is 2. The predicted octanol–water partition coefficient (Wildman–Crippen LogP) is 5.25. The minimum atomic E-state index is -4.29. The summed E-state index contributed by atoms with van der Waals surface area (Å²) in [6.45, 7) is 8.30. The van der Waals surface area contributed by atoms with Crippen LogP contribution in [0.5, 0.6) is 0 Å². The van der Waals surface area contributed by atoms with Crippen molar-refractivity contribution in [3.63, 3.8) is 0 Å². The van der Waals surface area contributed by atoms with E-state index in [0.29, 0.717) is 18.5 Å². The first-order chi connectivity index (χ1) is 10.8. The first-order valence-electron chi connectivity index (χ1n) is 8.08. The molecule has 1 heterocycles. The van der Waals surface area contributed by atoms with Gasteiger partial charge in [0.25, 0.3) is 0 Å². The fourth-order valence-electron chi connectivity index (χ4n) is 2.72. The lowest BCUT2D eigenvalue weighted by atomic mass is 9.78. The van der Waals surface area contributed by atoms with Gasteiger partial charge in [0.05, 0.1) is 11.6 Å². The fraction of sp³-hybridized carbons (Fsp3) is 0.611. The van der Waals surface area contributed by atoms with Gasteiger partial charge in [-0.25, -0.2) is 0 Å². The molecule has 0 unspecified atom stereocenters. The summed E-state index contributed by atoms with van der Waals surface area (Å²) in [6.07, 6.45) is -1.91. The number of likely N-dealkylation sites (tertiary alicyclic amines) is 1. The lowest BCUT2D eigenvalue weighted by Crippen LogP contribution is -2.38. The van der Waals surface area contributed by atoms with Crippen molar-refractivity contribution in [1.29, 1.82) is 5.26 Å². The zero-order valence-corrected chi connectivity index (χ0v) is 14.1. The molecule has 1 aromatic rings. The molecule has 1 saturated heterocycles. The molecule has 1 fully saturated rings. The topological polar surface area (TPSA) is 27.0 Å². The summed E-state index contributed by atoms with van der Waals surface area (Å²) < 4.78 is 38.1. The van der Waals surface area contributed by atoms with Gasteiger partial charge in [-0.05, 0) is 43.0 Å². The number of nitriles is 1. The predicted molar refractivity (Wildman–Crippen MR) is 85.6 cm³/mol. The molecule has 2 rings (SSSR count). The van der Waals surface area contributed by atoms with Crippen LogP contribution in [0.15, 0.2) is 24.3 Å². The van der Waals surface area contributed by atoms with Gasteiger partial charge in [0, 0.05) is 13.0 Å². The highest BCUT2D eigenvalue weighted by Gasteiger charge is 2.32. The van der Waals surface area contributed by atoms with Crippen LogP contribution < -0.4 is 0 Å². The highest BCUT2D eigenvalue weighted by atomic mass is 19.4. The van der Waals surface area contributed by atoms with E-state index in [1.165, 1.54) is 12.1 Å². The molecule has 128 valence electrons. The van der Waals surface area contributed by atoms with Crippen molar-refractivity contribution in [3.8, 4) is 6.07 Å². The van der Waals surface area contributed by atoms with Crippen LogP contribution in [0.3, 0.4) is 0 Å². The number of halogens is 3. The van der Waals surface area contributed by atoms with Gasteiger partial charge >= 0.3 is 6.18 Å². The van der Waals surface area contributed by atoms with Crippen LogP contribution in [0.2, 0.25) is 0 Å². The summed E-state index contributed by atoms with van der Waals surface area (Å²) in [6, 6.07) is 7.74. The van der Waals surface area contributed by atoms with Crippen LogP contribution in [0, 0.1) is 16.7 Å². The summed E-state index contributed by atoms with van der Waals surface area (Å²) >= 11 is 0. The van der Waals surface area contributed by atoms with Crippen LogP contribution in [-0.4, -0.2) is 18.0 Å². The van der Waals surface area contributed by atoms with E-state index in [9.17, 15) is 13.2 Å². The van der Waals surface area contributed by atoms with Crippen molar-refractivity contribution < 1.29 is 13.2 Å². The Hall–Kier alpha value is -1.54. The summed E-state index contributed by atoms with van der Waals surface area (Å²) in [7, 11) is 0. The summed E-state index contributed by atoms with van der Waals surface area (Å²) in [4.78, 5) is 2.16. The molecule has 1 aliphatic rings. The standard InChI is InChI=1S/C16H19F3N2.C2H6/c1-15(5-8-20)6-9-21(10-7-15)12-13-3-2-4-14(11-13)16(17,18)19;1-2/h2-4,11H,5-7,9-10,12H2,1H3;1-2H3. The third-order valence-corrected chi connectivity index (χ3v) is 4.23. The summed E-state index contributed by atoms with van der Waals surface area (Å²) in [5, 5.41) is 8.82. The fourth-order valence-corrected chi connectivity index (χ4v) is 2.72. The molecular weight excluding hydrogens is 301 g/mol. The molecule has 0 radical (unpaired) electrons. The van der Waals surface area contributed by atoms with E-state index in [2.05, 4.69) is 17.9 Å². The third-order valence-electron chi connectivity index (χ3n) is 4.23. The minimum absolute atomic E-state index is 0.0546. The van der Waals surface area contributed by atoms with E-state index in [1.807, 2.05) is 13.8 Å². The highest BCUT2D eigenvalue weighted by molar-refractivity contribution is 5.25. The molecule has 1 aliphatic heterocycles. The molecule has 2 nitrogen and oxygen atoms in total. The zero-order chi connectivity index (χ0) is 17.5. The van der Waals surface area contributed by atoms with E-state index in [1.54, 1.807) is 6.07 Å². The Morgan fingerprint density at radius 3 is 2.35 bits per heavy atom. The van der Waals surface area contributed by atoms with E-state index in [4.69, 9.17) is 5.26 Å². The first kappa shape index (κ1) is 19.5. The molecule has 0 atom stereocenters. The van der Waals surface area contributed by atoms with Crippen LogP contribution >= 0.6 is 0 Å². The number of benzene rings is 1. The second-order valence-corrected chi connectivity index (χ2v) is 6.12. The van der Waals surface area contributed by atoms with Gasteiger partial charge in [0.2, 0.25) is 0 Å². The lowest BCUT2D eigenvalue weighted by Gasteiger charge is -2.38. The number of nitrogens with zero attached hydrogens (tertiary/aromatic N) is 2. The molecular formula is C18H25F3N2. The Morgan fingerprint density at radius 2 is 1.83 bits per heavy atom. The Labute approximate surface area is 136 Å². The van der Waals surface area contributed by atoms with Gasteiger partial charge in [0.1, 0.15) is 0 Å². The van der Waals surface area contributed by atoms with E-state index >= 15 is 0 Å². The molecule has 1 aromatic carbocycles. The lowest BCUT2D eigenvalue weighted by molar-refractivity contribution is -0.137. The van der Waals surface area contributed by atoms with Gasteiger partial charge in [0.15, 0.2) is 0 Å². The van der Waals surface area contributed by atoms with Crippen LogP contribution in [0.1, 0.15) is 51.2 Å². The normalized spacial score (nSPS) is 17.8. The van der Waals surface area contributed by atoms with Gasteiger partial charge in [-0.2, -0.15) is 18.4 Å². The van der Waals surface area contributed by atoms with Gasteiger partial charge in [-0.1, -0.05) is 39.0 Å². The van der Waals surface area contributed by atoms with Crippen molar-refractivity contribution in [2.24, 2.45) is 5.41 Å². The van der Waals surface area contributed by atoms with Gasteiger partial charge in [-0.15, -0.1) is 0 Å². The highest BCUT2D eigenvalue weighted by Crippen LogP contribution is 2.35. The number of piperidine rings is 1. The number of rotatable bonds is 3. The molecule has 0 bridgehead atoms. The average Bonchev–Trinajstić information content (AvgIpc) is 2.52. The molecule has 0 aromatic heterocycles. The van der Waals surface area contributed by atoms with Gasteiger partial charge < -0.3 is 0 Å². The second-order valence-electron chi connectivity index (χ2n) is 6.12. The molecule has 5 heteroatoms. The maximum atomic E-state index is 12.7. The van der Waals surface area contributed by atoms with Crippen molar-refractivity contribution in [3.05, 3.63) is 35.4 Å². The summed E-state index contributed by atoms with van der Waals surface area (Å²) in [5.74, 6) is 0. The quantitative estimate of drug-likeness (QED) is 0.759. The van der Waals surface area contributed by atoms with Crippen molar-refractivity contribution in [2.75, 3.05) is 13.1 Å². The van der Waals surface area contributed by atoms with Crippen LogP contribution in [-0.2, 0) is 12.7 Å². The SMILES string of the molecule is CC.CC1(CC#N)CCN(Cc2cccc(C(F)(F)F)c2)CC1. The second kappa shape index (κ2) is 8.35. The van der Waals surface area contributed by atoms with Gasteiger partial charge in [-0.3, -0.25) is 4.90 Å². The molecule has 0 N–H and O–H groups in total. The Bertz CT molecular complexity index is 524. The van der Waals surface area contributed by atoms with E-state index in [0.717, 1.165) is 32.0 Å². The smallest absolute Gasteiger partial charge is 0.299 e. The molecule has 0 amide bonds. The molecule has 0 spiro atoms. The molecule has 23 heavy (non-hydrogen) atoms. The molecule has 0 saturated carbocycles. The minimum Gasteiger partial charge on any atom is -0.299 e. The maximum Gasteiger partial charge on any atom is 0.416 e. The third kappa shape index (κ3) is 5.87. The Morgan fingerprint density at radius 1 is 1.22 bits per heavy atom. The molecule has 0 aliphatic carbocycles. The zero-order valence-electron chi connectivity index (χ0n) is 14.1. The Balaban J connectivity index is 0.00000127. The van der Waals surface area contributed by atoms with E-state index in [-0.39, 0.29) is 5.41 Å². The van der Waals surface area contributed by atoms with Crippen LogP contribution in [0.4, 0.5) is 13.2 Å².